The number of hydrogen-bond acceptors (Lipinski definition) is 6. The molecule has 1 aliphatic heterocycles. The summed E-state index contributed by atoms with van der Waals surface area (Å²) in [4.78, 5) is 18.9. The predicted molar refractivity (Wildman–Crippen MR) is 89.7 cm³/mol. The average molecular weight is 343 g/mol. The Hall–Kier alpha value is -2.28. The Morgan fingerprint density at radius 1 is 1.42 bits per heavy atom. The summed E-state index contributed by atoms with van der Waals surface area (Å²) in [5.41, 5.74) is 2.39. The van der Waals surface area contributed by atoms with Crippen LogP contribution in [0.2, 0.25) is 0 Å². The molecule has 0 radical (unpaired) electrons. The second kappa shape index (κ2) is 6.32. The maximum Gasteiger partial charge on any atom is 0.257 e. The summed E-state index contributed by atoms with van der Waals surface area (Å²) in [6.07, 6.45) is 1.90. The monoisotopic (exact) mass is 343 g/mol. The Morgan fingerprint density at radius 2 is 2.29 bits per heavy atom. The van der Waals surface area contributed by atoms with Gasteiger partial charge in [-0.05, 0) is 31.9 Å². The summed E-state index contributed by atoms with van der Waals surface area (Å²) in [5, 5.41) is 4.60. The molecule has 3 heterocycles. The van der Waals surface area contributed by atoms with E-state index in [1.54, 1.807) is 0 Å². The third-order valence-electron chi connectivity index (χ3n) is 4.15. The van der Waals surface area contributed by atoms with Crippen LogP contribution in [0.4, 0.5) is 0 Å². The summed E-state index contributed by atoms with van der Waals surface area (Å²) < 4.78 is 10.8. The van der Waals surface area contributed by atoms with Gasteiger partial charge in [-0.1, -0.05) is 29.1 Å². The number of oxazole rings is 1. The zero-order valence-corrected chi connectivity index (χ0v) is 14.1. The van der Waals surface area contributed by atoms with Gasteiger partial charge in [-0.15, -0.1) is 0 Å². The number of nitrogens with zero attached hydrogens (tertiary/aromatic N) is 3. The number of aryl methyl sites for hydroxylation is 1. The number of thioether (sulfide) groups is 1. The molecule has 1 atom stereocenters. The summed E-state index contributed by atoms with van der Waals surface area (Å²) >= 11 is 1.33. The number of likely N-dealkylation sites (tertiary alicyclic amines) is 1. The predicted octanol–water partition coefficient (Wildman–Crippen LogP) is 3.58. The van der Waals surface area contributed by atoms with Gasteiger partial charge in [0.15, 0.2) is 5.58 Å². The van der Waals surface area contributed by atoms with Gasteiger partial charge >= 0.3 is 0 Å². The molecule has 0 N–H and O–H groups in total. The van der Waals surface area contributed by atoms with Crippen molar-refractivity contribution >= 4 is 28.8 Å². The molecular formula is C17H17N3O3S. The smallest absolute Gasteiger partial charge is 0.257 e. The Labute approximate surface area is 143 Å². The van der Waals surface area contributed by atoms with Crippen LogP contribution >= 0.6 is 11.8 Å². The minimum atomic E-state index is 0.0131. The number of para-hydroxylation sites is 2. The Kier molecular flexibility index (Phi) is 4.02. The van der Waals surface area contributed by atoms with Crippen LogP contribution in [0.1, 0.15) is 30.3 Å². The second-order valence-corrected chi connectivity index (χ2v) is 6.77. The maximum absolute atomic E-state index is 12.6. The van der Waals surface area contributed by atoms with Crippen molar-refractivity contribution in [1.29, 1.82) is 0 Å². The summed E-state index contributed by atoms with van der Waals surface area (Å²) in [6.45, 7) is 2.62. The summed E-state index contributed by atoms with van der Waals surface area (Å²) in [5.74, 6) is 1.15. The molecule has 2 aromatic heterocycles. The molecule has 0 spiro atoms. The molecule has 1 amide bonds. The van der Waals surface area contributed by atoms with Crippen molar-refractivity contribution in [2.75, 3.05) is 12.3 Å². The molecule has 0 bridgehead atoms. The molecule has 24 heavy (non-hydrogen) atoms. The van der Waals surface area contributed by atoms with Gasteiger partial charge in [-0.3, -0.25) is 4.79 Å². The van der Waals surface area contributed by atoms with E-state index in [0.29, 0.717) is 11.0 Å². The van der Waals surface area contributed by atoms with Gasteiger partial charge in [0.1, 0.15) is 17.0 Å². The van der Waals surface area contributed by atoms with Crippen LogP contribution in [0, 0.1) is 6.92 Å². The van der Waals surface area contributed by atoms with Gasteiger partial charge in [0.25, 0.3) is 5.22 Å². The molecule has 1 aliphatic rings. The van der Waals surface area contributed by atoms with E-state index in [4.69, 9.17) is 8.94 Å². The number of amides is 1. The number of benzene rings is 1. The largest absolute Gasteiger partial charge is 0.431 e. The van der Waals surface area contributed by atoms with Gasteiger partial charge in [0.2, 0.25) is 5.91 Å². The average Bonchev–Trinajstić information content (AvgIpc) is 3.30. The highest BCUT2D eigenvalue weighted by Crippen LogP contribution is 2.32. The third kappa shape index (κ3) is 2.91. The first-order valence-electron chi connectivity index (χ1n) is 7.92. The first kappa shape index (κ1) is 15.3. The van der Waals surface area contributed by atoms with E-state index in [-0.39, 0.29) is 11.9 Å². The minimum Gasteiger partial charge on any atom is -0.431 e. The Bertz CT molecular complexity index is 840. The fourth-order valence-corrected chi connectivity index (χ4v) is 3.76. The SMILES string of the molecule is Cc1cc(C2CCCN2C(=O)CSc2nc3ccccc3o2)no1. The van der Waals surface area contributed by atoms with Crippen molar-refractivity contribution in [3.8, 4) is 0 Å². The lowest BCUT2D eigenvalue weighted by molar-refractivity contribution is -0.129. The third-order valence-corrected chi connectivity index (χ3v) is 4.97. The fraction of sp³-hybridized carbons (Fsp3) is 0.353. The molecule has 1 unspecified atom stereocenters. The van der Waals surface area contributed by atoms with Crippen molar-refractivity contribution in [3.05, 3.63) is 41.8 Å². The zero-order chi connectivity index (χ0) is 16.5. The number of carbonyl (C=O) groups excluding carboxylic acids is 1. The van der Waals surface area contributed by atoms with Gasteiger partial charge in [0, 0.05) is 12.6 Å². The van der Waals surface area contributed by atoms with Crippen molar-refractivity contribution < 1.29 is 13.7 Å². The van der Waals surface area contributed by atoms with E-state index in [1.165, 1.54) is 11.8 Å². The number of carbonyl (C=O) groups is 1. The van der Waals surface area contributed by atoms with E-state index >= 15 is 0 Å². The first-order valence-corrected chi connectivity index (χ1v) is 8.90. The lowest BCUT2D eigenvalue weighted by Crippen LogP contribution is -2.32. The molecule has 1 saturated heterocycles. The molecule has 124 valence electrons. The van der Waals surface area contributed by atoms with Crippen LogP contribution in [0.3, 0.4) is 0 Å². The lowest BCUT2D eigenvalue weighted by Gasteiger charge is -2.22. The van der Waals surface area contributed by atoms with Gasteiger partial charge in [-0.25, -0.2) is 4.98 Å². The highest BCUT2D eigenvalue weighted by atomic mass is 32.2. The fourth-order valence-electron chi connectivity index (χ4n) is 3.03. The number of rotatable bonds is 4. The van der Waals surface area contributed by atoms with E-state index < -0.39 is 0 Å². The number of fused-ring (bicyclic) bond motifs is 1. The maximum atomic E-state index is 12.6. The van der Waals surface area contributed by atoms with Crippen LogP contribution in [-0.2, 0) is 4.79 Å². The molecule has 6 nitrogen and oxygen atoms in total. The normalized spacial score (nSPS) is 17.7. The van der Waals surface area contributed by atoms with Crippen LogP contribution in [-0.4, -0.2) is 33.2 Å². The number of aromatic nitrogens is 2. The molecular weight excluding hydrogens is 326 g/mol. The minimum absolute atomic E-state index is 0.0131. The number of hydrogen-bond donors (Lipinski definition) is 0. The van der Waals surface area contributed by atoms with Gasteiger partial charge < -0.3 is 13.8 Å². The molecule has 0 saturated carbocycles. The van der Waals surface area contributed by atoms with Crippen LogP contribution < -0.4 is 0 Å². The Balaban J connectivity index is 1.43. The molecule has 1 aromatic carbocycles. The molecule has 4 rings (SSSR count). The van der Waals surface area contributed by atoms with Crippen LogP contribution in [0.15, 0.2) is 44.5 Å². The molecule has 7 heteroatoms. The second-order valence-electron chi connectivity index (χ2n) is 5.84. The highest BCUT2D eigenvalue weighted by molar-refractivity contribution is 7.99. The highest BCUT2D eigenvalue weighted by Gasteiger charge is 2.32. The zero-order valence-electron chi connectivity index (χ0n) is 13.3. The van der Waals surface area contributed by atoms with E-state index in [0.717, 1.165) is 41.9 Å². The van der Waals surface area contributed by atoms with Crippen LogP contribution in [0.5, 0.6) is 0 Å². The van der Waals surface area contributed by atoms with Crippen molar-refractivity contribution in [2.45, 2.75) is 31.0 Å². The standard InChI is InChI=1S/C17H17N3O3S/c1-11-9-13(19-23-11)14-6-4-8-20(14)16(21)10-24-17-18-12-5-2-3-7-15(12)22-17/h2-3,5,7,9,14H,4,6,8,10H2,1H3. The van der Waals surface area contributed by atoms with Crippen molar-refractivity contribution in [1.82, 2.24) is 15.0 Å². The quantitative estimate of drug-likeness (QED) is 0.674. The molecule has 3 aromatic rings. The van der Waals surface area contributed by atoms with Crippen LogP contribution in [0.25, 0.3) is 11.1 Å². The molecule has 0 aliphatic carbocycles. The molecule has 1 fully saturated rings. The van der Waals surface area contributed by atoms with Crippen molar-refractivity contribution in [2.24, 2.45) is 0 Å². The summed E-state index contributed by atoms with van der Waals surface area (Å²) in [7, 11) is 0. The first-order chi connectivity index (χ1) is 11.7. The van der Waals surface area contributed by atoms with Gasteiger partial charge in [-0.2, -0.15) is 0 Å². The van der Waals surface area contributed by atoms with Crippen molar-refractivity contribution in [3.63, 3.8) is 0 Å². The lowest BCUT2D eigenvalue weighted by atomic mass is 10.1. The van der Waals surface area contributed by atoms with E-state index in [1.807, 2.05) is 42.2 Å². The Morgan fingerprint density at radius 3 is 3.08 bits per heavy atom. The van der Waals surface area contributed by atoms with E-state index in [9.17, 15) is 4.79 Å². The summed E-state index contributed by atoms with van der Waals surface area (Å²) in [6, 6.07) is 9.51. The van der Waals surface area contributed by atoms with E-state index in [2.05, 4.69) is 10.1 Å². The topological polar surface area (TPSA) is 72.4 Å². The van der Waals surface area contributed by atoms with Gasteiger partial charge in [0.05, 0.1) is 11.8 Å².